The molecule has 3 N–H and O–H groups in total. The smallest absolute Gasteiger partial charge is 0.255 e. The van der Waals surface area contributed by atoms with E-state index in [-0.39, 0.29) is 23.8 Å². The number of hydrogen-bond donors (Lipinski definition) is 3. The number of rotatable bonds is 8. The number of carbonyl (C=O) groups excluding carboxylic acids is 2. The van der Waals surface area contributed by atoms with Crippen molar-refractivity contribution in [2.45, 2.75) is 38.0 Å². The molecule has 1 unspecified atom stereocenters. The van der Waals surface area contributed by atoms with Crippen LogP contribution in [0.25, 0.3) is 0 Å². The second kappa shape index (κ2) is 9.33. The number of aliphatic hydroxyl groups is 1. The number of nitrogens with one attached hydrogen (secondary N) is 2. The van der Waals surface area contributed by atoms with E-state index >= 15 is 0 Å². The summed E-state index contributed by atoms with van der Waals surface area (Å²) in [6.07, 6.45) is 4.52. The highest BCUT2D eigenvalue weighted by atomic mass is 19.1. The standard InChI is InChI=1S/C24H23FN4O4/c1-15(30)17-3-5-19(6-4-17)33-21-7-2-16(10-20(21)25)11-28-23(32)24(8-9-24)29-22(31)18-12-26-14-27-13-18/h2-7,10,12-15,30H,8-9,11H2,1H3,(H,28,32)(H,29,31). The monoisotopic (exact) mass is 450 g/mol. The molecule has 0 radical (unpaired) electrons. The highest BCUT2D eigenvalue weighted by Gasteiger charge is 2.51. The van der Waals surface area contributed by atoms with Crippen molar-refractivity contribution in [3.8, 4) is 11.5 Å². The molecule has 2 amide bonds. The number of benzene rings is 2. The summed E-state index contributed by atoms with van der Waals surface area (Å²) >= 11 is 0. The summed E-state index contributed by atoms with van der Waals surface area (Å²) in [6, 6.07) is 11.2. The van der Waals surface area contributed by atoms with E-state index in [0.717, 1.165) is 5.56 Å². The Balaban J connectivity index is 1.33. The number of halogens is 1. The first kappa shape index (κ1) is 22.3. The predicted octanol–water partition coefficient (Wildman–Crippen LogP) is 3.04. The van der Waals surface area contributed by atoms with Crippen LogP contribution < -0.4 is 15.4 Å². The summed E-state index contributed by atoms with van der Waals surface area (Å²) < 4.78 is 20.1. The maximum atomic E-state index is 14.5. The largest absolute Gasteiger partial charge is 0.454 e. The minimum absolute atomic E-state index is 0.0471. The summed E-state index contributed by atoms with van der Waals surface area (Å²) in [5.74, 6) is -0.829. The Morgan fingerprint density at radius 1 is 1.15 bits per heavy atom. The van der Waals surface area contributed by atoms with E-state index in [1.165, 1.54) is 30.9 Å². The molecule has 170 valence electrons. The van der Waals surface area contributed by atoms with Gasteiger partial charge in [0.25, 0.3) is 5.91 Å². The molecule has 1 aromatic heterocycles. The number of carbonyl (C=O) groups is 2. The average Bonchev–Trinajstić information content (AvgIpc) is 3.60. The van der Waals surface area contributed by atoms with Crippen molar-refractivity contribution in [1.29, 1.82) is 0 Å². The van der Waals surface area contributed by atoms with Crippen LogP contribution in [0, 0.1) is 5.82 Å². The van der Waals surface area contributed by atoms with E-state index in [4.69, 9.17) is 4.74 Å². The first-order valence-electron chi connectivity index (χ1n) is 10.5. The molecular weight excluding hydrogens is 427 g/mol. The number of ether oxygens (including phenoxy) is 1. The Morgan fingerprint density at radius 2 is 1.85 bits per heavy atom. The van der Waals surface area contributed by atoms with Crippen LogP contribution in [0.5, 0.6) is 11.5 Å². The van der Waals surface area contributed by atoms with Crippen LogP contribution in [-0.2, 0) is 11.3 Å². The van der Waals surface area contributed by atoms with Crippen LogP contribution in [0.4, 0.5) is 4.39 Å². The van der Waals surface area contributed by atoms with Crippen molar-refractivity contribution < 1.29 is 23.8 Å². The highest BCUT2D eigenvalue weighted by molar-refractivity contribution is 6.00. The van der Waals surface area contributed by atoms with Gasteiger partial charge in [0, 0.05) is 18.9 Å². The molecule has 2 aromatic carbocycles. The van der Waals surface area contributed by atoms with Gasteiger partial charge in [0.1, 0.15) is 17.6 Å². The van der Waals surface area contributed by atoms with E-state index in [1.54, 1.807) is 37.3 Å². The Bertz CT molecular complexity index is 1150. The molecule has 4 rings (SSSR count). The lowest BCUT2D eigenvalue weighted by atomic mass is 10.1. The summed E-state index contributed by atoms with van der Waals surface area (Å²) in [5.41, 5.74) is 0.592. The molecule has 0 bridgehead atoms. The lowest BCUT2D eigenvalue weighted by Crippen LogP contribution is -2.48. The molecule has 0 saturated heterocycles. The zero-order valence-corrected chi connectivity index (χ0v) is 17.9. The van der Waals surface area contributed by atoms with Crippen LogP contribution in [-0.4, -0.2) is 32.4 Å². The van der Waals surface area contributed by atoms with Crippen LogP contribution in [0.2, 0.25) is 0 Å². The normalized spacial score (nSPS) is 14.8. The molecule has 1 aliphatic rings. The third-order valence-electron chi connectivity index (χ3n) is 5.40. The Kier molecular flexibility index (Phi) is 6.32. The molecular formula is C24H23FN4O4. The molecule has 1 saturated carbocycles. The fourth-order valence-corrected chi connectivity index (χ4v) is 3.27. The summed E-state index contributed by atoms with van der Waals surface area (Å²) in [4.78, 5) is 32.6. The summed E-state index contributed by atoms with van der Waals surface area (Å²) in [6.45, 7) is 1.76. The van der Waals surface area contributed by atoms with Crippen molar-refractivity contribution in [3.05, 3.63) is 83.7 Å². The Labute approximate surface area is 189 Å². The van der Waals surface area contributed by atoms with Gasteiger partial charge in [0.05, 0.1) is 11.7 Å². The van der Waals surface area contributed by atoms with Gasteiger partial charge in [-0.05, 0) is 55.2 Å². The third kappa shape index (κ3) is 5.32. The van der Waals surface area contributed by atoms with Gasteiger partial charge in [-0.1, -0.05) is 18.2 Å². The molecule has 1 atom stereocenters. The van der Waals surface area contributed by atoms with Gasteiger partial charge in [-0.25, -0.2) is 14.4 Å². The third-order valence-corrected chi connectivity index (χ3v) is 5.40. The molecule has 33 heavy (non-hydrogen) atoms. The number of aromatic nitrogens is 2. The molecule has 1 heterocycles. The van der Waals surface area contributed by atoms with Gasteiger partial charge in [-0.3, -0.25) is 9.59 Å². The second-order valence-corrected chi connectivity index (χ2v) is 7.96. The number of aliphatic hydroxyl groups excluding tert-OH is 1. The maximum Gasteiger partial charge on any atom is 0.255 e. The zero-order valence-electron chi connectivity index (χ0n) is 17.9. The van der Waals surface area contributed by atoms with Crippen LogP contribution >= 0.6 is 0 Å². The predicted molar refractivity (Wildman–Crippen MR) is 117 cm³/mol. The minimum atomic E-state index is -0.966. The molecule has 0 spiro atoms. The summed E-state index contributed by atoms with van der Waals surface area (Å²) in [5, 5.41) is 15.1. The van der Waals surface area contributed by atoms with Crippen LogP contribution in [0.15, 0.2) is 61.2 Å². The van der Waals surface area contributed by atoms with E-state index in [1.807, 2.05) is 0 Å². The van der Waals surface area contributed by atoms with Gasteiger partial charge < -0.3 is 20.5 Å². The summed E-state index contributed by atoms with van der Waals surface area (Å²) in [7, 11) is 0. The number of amides is 2. The van der Waals surface area contributed by atoms with Crippen molar-refractivity contribution in [1.82, 2.24) is 20.6 Å². The topological polar surface area (TPSA) is 113 Å². The highest BCUT2D eigenvalue weighted by Crippen LogP contribution is 2.36. The zero-order chi connectivity index (χ0) is 23.4. The fourth-order valence-electron chi connectivity index (χ4n) is 3.27. The minimum Gasteiger partial charge on any atom is -0.454 e. The average molecular weight is 450 g/mol. The van der Waals surface area contributed by atoms with Gasteiger partial charge in [0.2, 0.25) is 5.91 Å². The molecule has 0 aliphatic heterocycles. The Hall–Kier alpha value is -3.85. The lowest BCUT2D eigenvalue weighted by molar-refractivity contribution is -0.124. The molecule has 8 nitrogen and oxygen atoms in total. The second-order valence-electron chi connectivity index (χ2n) is 7.96. The molecule has 9 heteroatoms. The van der Waals surface area contributed by atoms with E-state index in [0.29, 0.717) is 24.2 Å². The van der Waals surface area contributed by atoms with Gasteiger partial charge in [-0.2, -0.15) is 0 Å². The van der Waals surface area contributed by atoms with E-state index in [2.05, 4.69) is 20.6 Å². The SMILES string of the molecule is CC(O)c1ccc(Oc2ccc(CNC(=O)C3(NC(=O)c4cncnc4)CC3)cc2F)cc1. The van der Waals surface area contributed by atoms with Gasteiger partial charge >= 0.3 is 0 Å². The molecule has 3 aromatic rings. The van der Waals surface area contributed by atoms with E-state index in [9.17, 15) is 19.1 Å². The molecule has 1 fully saturated rings. The maximum absolute atomic E-state index is 14.5. The molecule has 1 aliphatic carbocycles. The van der Waals surface area contributed by atoms with E-state index < -0.39 is 23.4 Å². The number of hydrogen-bond acceptors (Lipinski definition) is 6. The lowest BCUT2D eigenvalue weighted by Gasteiger charge is -2.17. The van der Waals surface area contributed by atoms with Crippen molar-refractivity contribution in [2.75, 3.05) is 0 Å². The van der Waals surface area contributed by atoms with Crippen LogP contribution in [0.3, 0.4) is 0 Å². The van der Waals surface area contributed by atoms with Crippen molar-refractivity contribution in [2.24, 2.45) is 0 Å². The van der Waals surface area contributed by atoms with Crippen molar-refractivity contribution >= 4 is 11.8 Å². The van der Waals surface area contributed by atoms with Gasteiger partial charge in [0.15, 0.2) is 11.6 Å². The quantitative estimate of drug-likeness (QED) is 0.486. The number of nitrogens with zero attached hydrogens (tertiary/aromatic N) is 2. The van der Waals surface area contributed by atoms with Crippen molar-refractivity contribution in [3.63, 3.8) is 0 Å². The first-order chi connectivity index (χ1) is 15.9. The van der Waals surface area contributed by atoms with Gasteiger partial charge in [-0.15, -0.1) is 0 Å². The first-order valence-corrected chi connectivity index (χ1v) is 10.5. The van der Waals surface area contributed by atoms with Crippen LogP contribution in [0.1, 0.15) is 47.4 Å². The Morgan fingerprint density at radius 3 is 2.45 bits per heavy atom. The fraction of sp³-hybridized carbons (Fsp3) is 0.250.